The van der Waals surface area contributed by atoms with Crippen LogP contribution in [0.1, 0.15) is 19.8 Å². The highest BCUT2D eigenvalue weighted by Crippen LogP contribution is 2.23. The molecule has 136 valence electrons. The Morgan fingerprint density at radius 2 is 2.20 bits per heavy atom. The minimum Gasteiger partial charge on any atom is -0.323 e. The third-order valence-electron chi connectivity index (χ3n) is 4.02. The molecule has 25 heavy (non-hydrogen) atoms. The molecular weight excluding hydrogens is 347 g/mol. The van der Waals surface area contributed by atoms with E-state index in [1.807, 2.05) is 6.07 Å². The summed E-state index contributed by atoms with van der Waals surface area (Å²) in [6.07, 6.45) is 0.372. The van der Waals surface area contributed by atoms with Gasteiger partial charge in [-0.2, -0.15) is 5.26 Å². The summed E-state index contributed by atoms with van der Waals surface area (Å²) >= 11 is 0. The molecule has 1 aromatic rings. The molecule has 1 N–H and O–H groups in total. The molecule has 0 bridgehead atoms. The number of urea groups is 1. The van der Waals surface area contributed by atoms with Gasteiger partial charge in [-0.25, -0.2) is 22.3 Å². The van der Waals surface area contributed by atoms with Crippen molar-refractivity contribution in [2.75, 3.05) is 31.1 Å². The number of hydrogen-bond acceptors (Lipinski definition) is 4. The van der Waals surface area contributed by atoms with E-state index in [2.05, 4.69) is 4.72 Å². The highest BCUT2D eigenvalue weighted by atomic mass is 32.2. The normalized spacial score (nSPS) is 17.3. The number of para-hydroxylation sites is 1. The van der Waals surface area contributed by atoms with E-state index in [-0.39, 0.29) is 38.3 Å². The van der Waals surface area contributed by atoms with Crippen LogP contribution < -0.4 is 9.62 Å². The number of hydrogen-bond donors (Lipinski definition) is 1. The summed E-state index contributed by atoms with van der Waals surface area (Å²) < 4.78 is 40.7. The predicted octanol–water partition coefficient (Wildman–Crippen LogP) is 1.68. The van der Waals surface area contributed by atoms with Crippen molar-refractivity contribution in [3.8, 4) is 6.07 Å². The molecule has 1 saturated heterocycles. The molecule has 0 aromatic heterocycles. The maximum Gasteiger partial charge on any atom is 0.324 e. The number of carbonyl (C=O) groups excluding carboxylic acids is 1. The Morgan fingerprint density at radius 1 is 1.48 bits per heavy atom. The standard InChI is InChI=1S/C16H21FN4O3S/c1-2-19-25(23,24)13-8-11-20(12-13)16(22)21(10-5-9-18)15-7-4-3-6-14(15)17/h3-4,6-7,13,19H,2,5,8,10-12H2,1H3/t13-/m0/s1. The molecule has 2 rings (SSSR count). The van der Waals surface area contributed by atoms with E-state index >= 15 is 0 Å². The Bertz CT molecular complexity index is 763. The Balaban J connectivity index is 2.18. The third-order valence-corrected chi connectivity index (χ3v) is 5.97. The lowest BCUT2D eigenvalue weighted by atomic mass is 10.2. The van der Waals surface area contributed by atoms with Crippen LogP contribution in [0, 0.1) is 17.1 Å². The summed E-state index contributed by atoms with van der Waals surface area (Å²) in [4.78, 5) is 15.4. The molecule has 0 aliphatic carbocycles. The number of rotatable bonds is 6. The topological polar surface area (TPSA) is 93.5 Å². The summed E-state index contributed by atoms with van der Waals surface area (Å²) in [6, 6.07) is 7.28. The fraction of sp³-hybridized carbons (Fsp3) is 0.500. The molecule has 1 fully saturated rings. The lowest BCUT2D eigenvalue weighted by molar-refractivity contribution is 0.215. The van der Waals surface area contributed by atoms with Crippen molar-refractivity contribution < 1.29 is 17.6 Å². The number of carbonyl (C=O) groups is 1. The summed E-state index contributed by atoms with van der Waals surface area (Å²) in [6.45, 7) is 2.34. The molecular formula is C16H21FN4O3S. The largest absolute Gasteiger partial charge is 0.324 e. The fourth-order valence-corrected chi connectivity index (χ4v) is 4.23. The van der Waals surface area contributed by atoms with Crippen LogP contribution in [0.4, 0.5) is 14.9 Å². The van der Waals surface area contributed by atoms with E-state index in [1.165, 1.54) is 28.0 Å². The minimum atomic E-state index is -3.48. The van der Waals surface area contributed by atoms with Crippen molar-refractivity contribution in [3.05, 3.63) is 30.1 Å². The van der Waals surface area contributed by atoms with Gasteiger partial charge >= 0.3 is 6.03 Å². The van der Waals surface area contributed by atoms with E-state index < -0.39 is 27.1 Å². The zero-order chi connectivity index (χ0) is 18.4. The SMILES string of the molecule is CCNS(=O)(=O)[C@H]1CCN(C(=O)N(CCC#N)c2ccccc2F)C1. The number of likely N-dealkylation sites (tertiary alicyclic amines) is 1. The van der Waals surface area contributed by atoms with Gasteiger partial charge in [0.05, 0.1) is 23.4 Å². The first-order valence-corrected chi connectivity index (χ1v) is 9.61. The molecule has 1 heterocycles. The van der Waals surface area contributed by atoms with E-state index in [9.17, 15) is 17.6 Å². The highest BCUT2D eigenvalue weighted by Gasteiger charge is 2.36. The lowest BCUT2D eigenvalue weighted by Crippen LogP contribution is -2.44. The molecule has 1 aromatic carbocycles. The summed E-state index contributed by atoms with van der Waals surface area (Å²) in [5.41, 5.74) is 0.0840. The van der Waals surface area contributed by atoms with Crippen LogP contribution in [0.3, 0.4) is 0 Å². The number of nitrogens with zero attached hydrogens (tertiary/aromatic N) is 3. The minimum absolute atomic E-state index is 0.0391. The van der Waals surface area contributed by atoms with Crippen molar-refractivity contribution in [1.82, 2.24) is 9.62 Å². The quantitative estimate of drug-likeness (QED) is 0.827. The maximum atomic E-state index is 14.1. The summed E-state index contributed by atoms with van der Waals surface area (Å²) in [5.74, 6) is -0.565. The van der Waals surface area contributed by atoms with Crippen LogP contribution in [0.25, 0.3) is 0 Å². The van der Waals surface area contributed by atoms with E-state index in [0.29, 0.717) is 6.42 Å². The number of benzene rings is 1. The van der Waals surface area contributed by atoms with Crippen LogP contribution in [0.5, 0.6) is 0 Å². The van der Waals surface area contributed by atoms with E-state index in [4.69, 9.17) is 5.26 Å². The Hall–Kier alpha value is -2.18. The number of halogens is 1. The number of anilines is 1. The monoisotopic (exact) mass is 368 g/mol. The zero-order valence-corrected chi connectivity index (χ0v) is 14.8. The van der Waals surface area contributed by atoms with Gasteiger partial charge < -0.3 is 4.90 Å². The molecule has 7 nitrogen and oxygen atoms in total. The van der Waals surface area contributed by atoms with Gasteiger partial charge in [-0.3, -0.25) is 4.90 Å². The molecule has 1 atom stereocenters. The smallest absolute Gasteiger partial charge is 0.323 e. The van der Waals surface area contributed by atoms with Crippen LogP contribution in [0.2, 0.25) is 0 Å². The van der Waals surface area contributed by atoms with Gasteiger partial charge in [-0.1, -0.05) is 19.1 Å². The van der Waals surface area contributed by atoms with Crippen molar-refractivity contribution in [2.45, 2.75) is 25.0 Å². The number of nitrogens with one attached hydrogen (secondary N) is 1. The van der Waals surface area contributed by atoms with Gasteiger partial charge in [0.15, 0.2) is 0 Å². The van der Waals surface area contributed by atoms with Crippen LogP contribution >= 0.6 is 0 Å². The summed E-state index contributed by atoms with van der Waals surface area (Å²) in [5, 5.41) is 8.12. The van der Waals surface area contributed by atoms with E-state index in [1.54, 1.807) is 13.0 Å². The second kappa shape index (κ2) is 8.27. The van der Waals surface area contributed by atoms with Gasteiger partial charge in [0, 0.05) is 26.2 Å². The average molecular weight is 368 g/mol. The van der Waals surface area contributed by atoms with Gasteiger partial charge in [0.25, 0.3) is 0 Å². The zero-order valence-electron chi connectivity index (χ0n) is 14.0. The van der Waals surface area contributed by atoms with Crippen molar-refractivity contribution in [3.63, 3.8) is 0 Å². The number of amides is 2. The predicted molar refractivity (Wildman–Crippen MR) is 91.9 cm³/mol. The molecule has 9 heteroatoms. The van der Waals surface area contributed by atoms with Crippen molar-refractivity contribution in [1.29, 1.82) is 5.26 Å². The second-order valence-electron chi connectivity index (χ2n) is 5.69. The van der Waals surface area contributed by atoms with Crippen molar-refractivity contribution in [2.24, 2.45) is 0 Å². The fourth-order valence-electron chi connectivity index (χ4n) is 2.80. The van der Waals surface area contributed by atoms with Gasteiger partial charge in [-0.05, 0) is 18.6 Å². The van der Waals surface area contributed by atoms with Gasteiger partial charge in [-0.15, -0.1) is 0 Å². The Morgan fingerprint density at radius 3 is 2.84 bits per heavy atom. The van der Waals surface area contributed by atoms with Crippen LogP contribution in [-0.2, 0) is 10.0 Å². The van der Waals surface area contributed by atoms with E-state index in [0.717, 1.165) is 0 Å². The lowest BCUT2D eigenvalue weighted by Gasteiger charge is -2.28. The first-order chi connectivity index (χ1) is 11.9. The number of sulfonamides is 1. The Labute approximate surface area is 147 Å². The Kier molecular flexibility index (Phi) is 6.33. The molecule has 0 radical (unpaired) electrons. The van der Waals surface area contributed by atoms with Crippen LogP contribution in [0.15, 0.2) is 24.3 Å². The van der Waals surface area contributed by atoms with Gasteiger partial charge in [0.2, 0.25) is 10.0 Å². The molecule has 1 aliphatic heterocycles. The van der Waals surface area contributed by atoms with Crippen molar-refractivity contribution >= 4 is 21.7 Å². The third kappa shape index (κ3) is 4.46. The second-order valence-corrected chi connectivity index (χ2v) is 7.74. The summed E-state index contributed by atoms with van der Waals surface area (Å²) in [7, 11) is -3.48. The van der Waals surface area contributed by atoms with Gasteiger partial charge in [0.1, 0.15) is 5.82 Å². The first kappa shape index (κ1) is 19.1. The molecule has 1 aliphatic rings. The molecule has 0 unspecified atom stereocenters. The number of nitriles is 1. The molecule has 0 saturated carbocycles. The average Bonchev–Trinajstić information content (AvgIpc) is 3.07. The highest BCUT2D eigenvalue weighted by molar-refractivity contribution is 7.90. The molecule has 0 spiro atoms. The first-order valence-electron chi connectivity index (χ1n) is 8.07. The maximum absolute atomic E-state index is 14.1. The molecule has 2 amide bonds. The van der Waals surface area contributed by atoms with Crippen LogP contribution in [-0.4, -0.2) is 50.8 Å².